The Bertz CT molecular complexity index is 89.7. The van der Waals surface area contributed by atoms with Crippen molar-refractivity contribution in [3.05, 3.63) is 0 Å². The predicted molar refractivity (Wildman–Crippen MR) is 25.8 cm³/mol. The smallest absolute Gasteiger partial charge is 0.435 e. The van der Waals surface area contributed by atoms with Gasteiger partial charge >= 0.3 is 6.02 Å². The van der Waals surface area contributed by atoms with Crippen LogP contribution in [-0.4, -0.2) is 26.2 Å². The summed E-state index contributed by atoms with van der Waals surface area (Å²) in [4.78, 5) is 2.99. The molecule has 0 radical (unpaired) electrons. The summed E-state index contributed by atoms with van der Waals surface area (Å²) < 4.78 is 4.81. The van der Waals surface area contributed by atoms with Crippen LogP contribution in [0.1, 0.15) is 0 Å². The first-order chi connectivity index (χ1) is 3.43. The maximum absolute atomic E-state index is 4.81. The van der Waals surface area contributed by atoms with Gasteiger partial charge in [-0.05, 0) is 0 Å². The van der Waals surface area contributed by atoms with E-state index in [1.54, 1.807) is 7.11 Å². The van der Waals surface area contributed by atoms with Crippen LogP contribution in [0.3, 0.4) is 0 Å². The minimum Gasteiger partial charge on any atom is -0.435 e. The third-order valence-electron chi connectivity index (χ3n) is 0.900. The second-order valence-corrected chi connectivity index (χ2v) is 1.39. The van der Waals surface area contributed by atoms with Crippen LogP contribution in [0.15, 0.2) is 0 Å². The lowest BCUT2D eigenvalue weighted by molar-refractivity contribution is -0.454. The molecule has 1 aliphatic rings. The molecule has 0 unspecified atom stereocenters. The van der Waals surface area contributed by atoms with Crippen LogP contribution in [0.25, 0.3) is 0 Å². The Labute approximate surface area is 42.4 Å². The topological polar surface area (TPSA) is 35.2 Å². The summed E-state index contributed by atoms with van der Waals surface area (Å²) in [7, 11) is 1.64. The Hall–Kier alpha value is -0.730. The number of hydrogen-bond acceptors (Lipinski definition) is 2. The molecule has 1 aliphatic heterocycles. The van der Waals surface area contributed by atoms with Gasteiger partial charge in [-0.2, -0.15) is 0 Å². The van der Waals surface area contributed by atoms with E-state index in [-0.39, 0.29) is 0 Å². The molecule has 2 N–H and O–H groups in total. The molecule has 1 heterocycles. The zero-order chi connectivity index (χ0) is 5.11. The van der Waals surface area contributed by atoms with Gasteiger partial charge in [0.2, 0.25) is 0 Å². The van der Waals surface area contributed by atoms with Gasteiger partial charge < -0.3 is 4.74 Å². The summed E-state index contributed by atoms with van der Waals surface area (Å²) in [6, 6.07) is 0.792. The van der Waals surface area contributed by atoms with Crippen LogP contribution < -0.4 is 10.3 Å². The lowest BCUT2D eigenvalue weighted by Gasteiger charge is -1.86. The van der Waals surface area contributed by atoms with Crippen molar-refractivity contribution in [1.29, 1.82) is 0 Å². The second kappa shape index (κ2) is 1.82. The Morgan fingerprint density at radius 3 is 3.00 bits per heavy atom. The van der Waals surface area contributed by atoms with E-state index in [0.717, 1.165) is 19.1 Å². The summed E-state index contributed by atoms with van der Waals surface area (Å²) in [5, 5.41) is 2.99. The van der Waals surface area contributed by atoms with Crippen LogP contribution in [0.5, 0.6) is 0 Å². The third kappa shape index (κ3) is 0.824. The number of amidine groups is 1. The van der Waals surface area contributed by atoms with Crippen molar-refractivity contribution in [2.24, 2.45) is 0 Å². The van der Waals surface area contributed by atoms with Crippen LogP contribution in [0.4, 0.5) is 0 Å². The Morgan fingerprint density at radius 2 is 2.71 bits per heavy atom. The molecule has 1 rings (SSSR count). The van der Waals surface area contributed by atoms with Gasteiger partial charge in [-0.15, -0.1) is 0 Å². The molecule has 3 heteroatoms. The van der Waals surface area contributed by atoms with E-state index < -0.39 is 0 Å². The maximum atomic E-state index is 4.81. The van der Waals surface area contributed by atoms with Crippen molar-refractivity contribution in [3.8, 4) is 0 Å². The van der Waals surface area contributed by atoms with Crippen LogP contribution in [0.2, 0.25) is 0 Å². The normalized spacial score (nSPS) is 18.1. The number of ether oxygens (including phenoxy) is 1. The number of nitrogens with one attached hydrogen (secondary N) is 2. The second-order valence-electron chi connectivity index (χ2n) is 1.39. The van der Waals surface area contributed by atoms with Crippen molar-refractivity contribution < 1.29 is 9.73 Å². The van der Waals surface area contributed by atoms with Gasteiger partial charge in [0.05, 0.1) is 7.11 Å². The molecule has 0 aromatic rings. The minimum atomic E-state index is 0.792. The number of rotatable bonds is 0. The number of hydrogen-bond donors (Lipinski definition) is 2. The van der Waals surface area contributed by atoms with E-state index in [4.69, 9.17) is 4.74 Å². The van der Waals surface area contributed by atoms with Crippen LogP contribution in [0, 0.1) is 0 Å². The lowest BCUT2D eigenvalue weighted by Crippen LogP contribution is -2.70. The first-order valence-corrected chi connectivity index (χ1v) is 2.32. The third-order valence-corrected chi connectivity index (χ3v) is 0.900. The molecule has 3 nitrogen and oxygen atoms in total. The molecule has 0 saturated heterocycles. The highest BCUT2D eigenvalue weighted by molar-refractivity contribution is 5.67. The molecule has 0 aromatic heterocycles. The van der Waals surface area contributed by atoms with Crippen molar-refractivity contribution in [2.75, 3.05) is 20.2 Å². The standard InChI is InChI=1S/C4H8N2O/c1-7-4-5-2-3-6-4/h2-3H2,1H3,(H,5,6)/p+1. The molecule has 0 spiro atoms. The molecule has 0 fully saturated rings. The molecular weight excluding hydrogens is 92.1 g/mol. The van der Waals surface area contributed by atoms with Crippen molar-refractivity contribution in [3.63, 3.8) is 0 Å². The summed E-state index contributed by atoms with van der Waals surface area (Å²) in [6.07, 6.45) is 0. The molecular formula is C4H9N2O+. The van der Waals surface area contributed by atoms with Crippen LogP contribution in [-0.2, 0) is 4.74 Å². The van der Waals surface area contributed by atoms with Gasteiger partial charge in [-0.25, -0.2) is 10.3 Å². The van der Waals surface area contributed by atoms with E-state index in [0.29, 0.717) is 0 Å². The first-order valence-electron chi connectivity index (χ1n) is 2.32. The molecule has 0 atom stereocenters. The molecule has 0 saturated carbocycles. The average Bonchev–Trinajstić information content (AvgIpc) is 2.14. The SMILES string of the molecule is COC1=[NH+]CCN1. The fourth-order valence-electron chi connectivity index (χ4n) is 0.559. The molecule has 0 aromatic carbocycles. The van der Waals surface area contributed by atoms with E-state index in [9.17, 15) is 0 Å². The zero-order valence-corrected chi connectivity index (χ0v) is 4.32. The van der Waals surface area contributed by atoms with E-state index >= 15 is 0 Å². The average molecular weight is 101 g/mol. The molecule has 0 amide bonds. The molecule has 7 heavy (non-hydrogen) atoms. The van der Waals surface area contributed by atoms with Gasteiger partial charge in [0.25, 0.3) is 0 Å². The largest absolute Gasteiger partial charge is 0.441 e. The lowest BCUT2D eigenvalue weighted by atomic mass is 10.7. The van der Waals surface area contributed by atoms with E-state index in [2.05, 4.69) is 10.3 Å². The molecule has 0 bridgehead atoms. The molecule has 40 valence electrons. The van der Waals surface area contributed by atoms with Gasteiger partial charge in [0.15, 0.2) is 0 Å². The Kier molecular flexibility index (Phi) is 1.15. The molecule has 0 aliphatic carbocycles. The highest BCUT2D eigenvalue weighted by Gasteiger charge is 2.09. The van der Waals surface area contributed by atoms with Crippen LogP contribution >= 0.6 is 0 Å². The monoisotopic (exact) mass is 101 g/mol. The summed E-state index contributed by atoms with van der Waals surface area (Å²) in [6.45, 7) is 1.95. The Morgan fingerprint density at radius 1 is 1.86 bits per heavy atom. The van der Waals surface area contributed by atoms with Gasteiger partial charge in [0, 0.05) is 0 Å². The quantitative estimate of drug-likeness (QED) is 0.359. The maximum Gasteiger partial charge on any atom is 0.441 e. The fourth-order valence-corrected chi connectivity index (χ4v) is 0.559. The minimum absolute atomic E-state index is 0.792. The van der Waals surface area contributed by atoms with Crippen molar-refractivity contribution in [1.82, 2.24) is 5.32 Å². The van der Waals surface area contributed by atoms with Gasteiger partial charge in [-0.1, -0.05) is 0 Å². The van der Waals surface area contributed by atoms with Crippen molar-refractivity contribution in [2.45, 2.75) is 0 Å². The van der Waals surface area contributed by atoms with E-state index in [1.165, 1.54) is 0 Å². The van der Waals surface area contributed by atoms with Gasteiger partial charge in [-0.3, -0.25) is 0 Å². The fraction of sp³-hybridized carbons (Fsp3) is 0.750. The predicted octanol–water partition coefficient (Wildman–Crippen LogP) is -2.33. The zero-order valence-electron chi connectivity index (χ0n) is 4.32. The Balaban J connectivity index is 2.36. The van der Waals surface area contributed by atoms with Gasteiger partial charge in [0.1, 0.15) is 13.1 Å². The first kappa shape index (κ1) is 4.43. The van der Waals surface area contributed by atoms with E-state index in [1.807, 2.05) is 0 Å². The van der Waals surface area contributed by atoms with Crippen molar-refractivity contribution >= 4 is 6.02 Å². The highest BCUT2D eigenvalue weighted by atomic mass is 16.5. The summed E-state index contributed by atoms with van der Waals surface area (Å²) >= 11 is 0. The summed E-state index contributed by atoms with van der Waals surface area (Å²) in [5.41, 5.74) is 0. The number of methoxy groups -OCH3 is 1. The highest BCUT2D eigenvalue weighted by Crippen LogP contribution is 1.62. The summed E-state index contributed by atoms with van der Waals surface area (Å²) in [5.74, 6) is 0.